The number of rotatable bonds is 17. The third kappa shape index (κ3) is 13.7. The molecular formula is C22H47N3. The van der Waals surface area contributed by atoms with E-state index in [2.05, 4.69) is 16.7 Å². The van der Waals surface area contributed by atoms with Crippen LogP contribution in [0.1, 0.15) is 96.8 Å². The molecule has 0 aromatic heterocycles. The van der Waals surface area contributed by atoms with Gasteiger partial charge in [-0.15, -0.1) is 0 Å². The number of hydrogen-bond acceptors (Lipinski definition) is 3. The first-order valence-electron chi connectivity index (χ1n) is 11.5. The molecule has 0 radical (unpaired) electrons. The van der Waals surface area contributed by atoms with Gasteiger partial charge in [-0.05, 0) is 64.8 Å². The Labute approximate surface area is 158 Å². The minimum absolute atomic E-state index is 0.810. The molecule has 0 saturated carbocycles. The van der Waals surface area contributed by atoms with Crippen LogP contribution in [0.15, 0.2) is 0 Å². The summed E-state index contributed by atoms with van der Waals surface area (Å²) in [6.45, 7) is 10.7. The third-order valence-electron chi connectivity index (χ3n) is 5.67. The van der Waals surface area contributed by atoms with Crippen molar-refractivity contribution in [2.24, 2.45) is 5.73 Å². The molecular weight excluding hydrogens is 306 g/mol. The van der Waals surface area contributed by atoms with Crippen molar-refractivity contribution in [2.75, 3.05) is 45.8 Å². The summed E-state index contributed by atoms with van der Waals surface area (Å²) >= 11 is 0. The Hall–Kier alpha value is -0.120. The van der Waals surface area contributed by atoms with E-state index in [1.54, 1.807) is 0 Å². The van der Waals surface area contributed by atoms with Crippen LogP contribution in [0.2, 0.25) is 0 Å². The molecule has 0 aromatic rings. The van der Waals surface area contributed by atoms with Gasteiger partial charge in [0, 0.05) is 13.1 Å². The number of unbranched alkanes of at least 4 members (excludes halogenated alkanes) is 9. The molecule has 0 atom stereocenters. The largest absolute Gasteiger partial charge is 0.329 e. The predicted molar refractivity (Wildman–Crippen MR) is 112 cm³/mol. The lowest BCUT2D eigenvalue weighted by molar-refractivity contribution is 0.220. The van der Waals surface area contributed by atoms with E-state index in [0.29, 0.717) is 0 Å². The summed E-state index contributed by atoms with van der Waals surface area (Å²) in [4.78, 5) is 5.28. The highest BCUT2D eigenvalue weighted by atomic mass is 15.1. The summed E-state index contributed by atoms with van der Waals surface area (Å²) in [5.74, 6) is 0. The molecule has 1 saturated heterocycles. The Morgan fingerprint density at radius 1 is 0.680 bits per heavy atom. The predicted octanol–water partition coefficient (Wildman–Crippen LogP) is 5.04. The highest BCUT2D eigenvalue weighted by molar-refractivity contribution is 4.65. The van der Waals surface area contributed by atoms with Crippen molar-refractivity contribution in [2.45, 2.75) is 96.8 Å². The van der Waals surface area contributed by atoms with Gasteiger partial charge in [0.2, 0.25) is 0 Å². The van der Waals surface area contributed by atoms with E-state index < -0.39 is 0 Å². The maximum atomic E-state index is 5.81. The molecule has 0 unspecified atom stereocenters. The molecule has 1 heterocycles. The minimum Gasteiger partial charge on any atom is -0.329 e. The number of nitrogens with two attached hydrogens (primary N) is 1. The van der Waals surface area contributed by atoms with Gasteiger partial charge in [0.15, 0.2) is 0 Å². The van der Waals surface area contributed by atoms with E-state index in [-0.39, 0.29) is 0 Å². The van der Waals surface area contributed by atoms with Gasteiger partial charge in [-0.2, -0.15) is 0 Å². The lowest BCUT2D eigenvalue weighted by Crippen LogP contribution is -2.32. The molecule has 1 fully saturated rings. The molecule has 25 heavy (non-hydrogen) atoms. The van der Waals surface area contributed by atoms with Gasteiger partial charge in [-0.3, -0.25) is 0 Å². The second kappa shape index (κ2) is 17.3. The maximum absolute atomic E-state index is 5.81. The molecule has 0 amide bonds. The fraction of sp³-hybridized carbons (Fsp3) is 1.00. The fourth-order valence-electron chi connectivity index (χ4n) is 4.02. The van der Waals surface area contributed by atoms with Gasteiger partial charge >= 0.3 is 0 Å². The third-order valence-corrected chi connectivity index (χ3v) is 5.67. The average Bonchev–Trinajstić information content (AvgIpc) is 2.64. The number of nitrogens with zero attached hydrogens (tertiary/aromatic N) is 2. The zero-order valence-corrected chi connectivity index (χ0v) is 17.3. The van der Waals surface area contributed by atoms with Crippen LogP contribution in [0, 0.1) is 0 Å². The van der Waals surface area contributed by atoms with Crippen LogP contribution < -0.4 is 5.73 Å². The standard InChI is InChI=1S/C22H47N3/c1-2-3-4-5-6-7-8-11-20-25(22-16-23)21-15-10-14-19-24-17-12-9-13-18-24/h2-23H2,1H3. The molecule has 1 aliphatic heterocycles. The van der Waals surface area contributed by atoms with Crippen molar-refractivity contribution < 1.29 is 0 Å². The Balaban J connectivity index is 1.93. The molecule has 0 spiro atoms. The van der Waals surface area contributed by atoms with Gasteiger partial charge in [0.25, 0.3) is 0 Å². The molecule has 1 aliphatic rings. The summed E-state index contributed by atoms with van der Waals surface area (Å²) < 4.78 is 0. The zero-order chi connectivity index (χ0) is 18.0. The Kier molecular flexibility index (Phi) is 15.9. The smallest absolute Gasteiger partial charge is 0.0105 e. The van der Waals surface area contributed by atoms with Crippen molar-refractivity contribution in [1.82, 2.24) is 9.80 Å². The lowest BCUT2D eigenvalue weighted by atomic mass is 10.1. The maximum Gasteiger partial charge on any atom is 0.0105 e. The van der Waals surface area contributed by atoms with Gasteiger partial charge in [-0.25, -0.2) is 0 Å². The summed E-state index contributed by atoms with van der Waals surface area (Å²) in [5.41, 5.74) is 5.81. The van der Waals surface area contributed by atoms with Crippen LogP contribution in [-0.4, -0.2) is 55.6 Å². The van der Waals surface area contributed by atoms with Gasteiger partial charge in [0.1, 0.15) is 0 Å². The van der Waals surface area contributed by atoms with Crippen molar-refractivity contribution in [3.8, 4) is 0 Å². The Morgan fingerprint density at radius 2 is 1.24 bits per heavy atom. The SMILES string of the molecule is CCCCCCCCCCN(CCN)CCCCCN1CCCCC1. The van der Waals surface area contributed by atoms with Gasteiger partial charge < -0.3 is 15.5 Å². The quantitative estimate of drug-likeness (QED) is 0.372. The van der Waals surface area contributed by atoms with E-state index >= 15 is 0 Å². The Bertz CT molecular complexity index is 264. The number of piperidine rings is 1. The van der Waals surface area contributed by atoms with Gasteiger partial charge in [-0.1, -0.05) is 64.7 Å². The second-order valence-corrected chi connectivity index (χ2v) is 8.07. The van der Waals surface area contributed by atoms with E-state index in [1.165, 1.54) is 123 Å². The van der Waals surface area contributed by atoms with Crippen LogP contribution in [0.4, 0.5) is 0 Å². The van der Waals surface area contributed by atoms with Crippen molar-refractivity contribution >= 4 is 0 Å². The molecule has 3 heteroatoms. The fourth-order valence-corrected chi connectivity index (χ4v) is 4.02. The summed E-state index contributed by atoms with van der Waals surface area (Å²) in [6.07, 6.45) is 19.7. The van der Waals surface area contributed by atoms with Crippen molar-refractivity contribution in [3.05, 3.63) is 0 Å². The lowest BCUT2D eigenvalue weighted by Gasteiger charge is -2.26. The van der Waals surface area contributed by atoms with Crippen LogP contribution >= 0.6 is 0 Å². The summed E-state index contributed by atoms with van der Waals surface area (Å²) in [6, 6.07) is 0. The van der Waals surface area contributed by atoms with E-state index in [4.69, 9.17) is 5.73 Å². The first kappa shape index (κ1) is 22.9. The zero-order valence-electron chi connectivity index (χ0n) is 17.3. The highest BCUT2D eigenvalue weighted by Gasteiger charge is 2.09. The summed E-state index contributed by atoms with van der Waals surface area (Å²) in [7, 11) is 0. The van der Waals surface area contributed by atoms with Crippen molar-refractivity contribution in [3.63, 3.8) is 0 Å². The normalized spacial score (nSPS) is 16.0. The topological polar surface area (TPSA) is 32.5 Å². The van der Waals surface area contributed by atoms with E-state index in [1.807, 2.05) is 0 Å². The molecule has 0 aliphatic carbocycles. The molecule has 1 rings (SSSR count). The second-order valence-electron chi connectivity index (χ2n) is 8.07. The minimum atomic E-state index is 0.810. The number of likely N-dealkylation sites (tertiary alicyclic amines) is 1. The Morgan fingerprint density at radius 3 is 1.84 bits per heavy atom. The van der Waals surface area contributed by atoms with Gasteiger partial charge in [0.05, 0.1) is 0 Å². The van der Waals surface area contributed by atoms with Crippen molar-refractivity contribution in [1.29, 1.82) is 0 Å². The monoisotopic (exact) mass is 353 g/mol. The highest BCUT2D eigenvalue weighted by Crippen LogP contribution is 2.11. The van der Waals surface area contributed by atoms with Crippen LogP contribution in [0.25, 0.3) is 0 Å². The first-order valence-corrected chi connectivity index (χ1v) is 11.5. The van der Waals surface area contributed by atoms with Crippen LogP contribution in [0.5, 0.6) is 0 Å². The average molecular weight is 354 g/mol. The molecule has 3 nitrogen and oxygen atoms in total. The first-order chi connectivity index (χ1) is 12.4. The van der Waals surface area contributed by atoms with E-state index in [9.17, 15) is 0 Å². The molecule has 0 aromatic carbocycles. The summed E-state index contributed by atoms with van der Waals surface area (Å²) in [5, 5.41) is 0. The van der Waals surface area contributed by atoms with Crippen LogP contribution in [-0.2, 0) is 0 Å². The molecule has 2 N–H and O–H groups in total. The van der Waals surface area contributed by atoms with Crippen LogP contribution in [0.3, 0.4) is 0 Å². The molecule has 150 valence electrons. The molecule has 0 bridgehead atoms. The number of hydrogen-bond donors (Lipinski definition) is 1. The van der Waals surface area contributed by atoms with E-state index in [0.717, 1.165) is 13.1 Å².